The molecule has 0 spiro atoms. The van der Waals surface area contributed by atoms with Gasteiger partial charge in [0.25, 0.3) is 0 Å². The highest BCUT2D eigenvalue weighted by Crippen LogP contribution is 2.38. The highest BCUT2D eigenvalue weighted by Gasteiger charge is 2.34. The van der Waals surface area contributed by atoms with Gasteiger partial charge in [-0.05, 0) is 39.3 Å². The highest BCUT2D eigenvalue weighted by atomic mass is 35.5. The summed E-state index contributed by atoms with van der Waals surface area (Å²) in [5.41, 5.74) is -1.56. The molecule has 0 unspecified atom stereocenters. The van der Waals surface area contributed by atoms with E-state index in [1.807, 2.05) is 0 Å². The van der Waals surface area contributed by atoms with Crippen LogP contribution in [0.4, 0.5) is 23.7 Å². The number of carbonyl (C=O) groups is 1. The second-order valence-electron chi connectivity index (χ2n) is 5.87. The van der Waals surface area contributed by atoms with E-state index < -0.39 is 23.4 Å². The SMILES string of the molecule is CC(C)(C)OC(=O)NCCCNc1c(Cl)cccc1C(F)(F)F. The summed E-state index contributed by atoms with van der Waals surface area (Å²) in [6.07, 6.45) is -4.63. The van der Waals surface area contributed by atoms with Gasteiger partial charge >= 0.3 is 12.3 Å². The number of nitrogens with one attached hydrogen (secondary N) is 2. The van der Waals surface area contributed by atoms with Crippen LogP contribution >= 0.6 is 11.6 Å². The Kier molecular flexibility index (Phi) is 6.56. The highest BCUT2D eigenvalue weighted by molar-refractivity contribution is 6.33. The standard InChI is InChI=1S/C15H20ClF3N2O2/c1-14(2,3)23-13(22)21-9-5-8-20-12-10(15(17,18)19)6-4-7-11(12)16/h4,6-7,20H,5,8-9H2,1-3H3,(H,21,22). The molecule has 23 heavy (non-hydrogen) atoms. The molecular weight excluding hydrogens is 333 g/mol. The number of ether oxygens (including phenoxy) is 1. The van der Waals surface area contributed by atoms with Crippen LogP contribution in [0.5, 0.6) is 0 Å². The lowest BCUT2D eigenvalue weighted by atomic mass is 10.1. The molecule has 130 valence electrons. The van der Waals surface area contributed by atoms with Crippen LogP contribution in [0.15, 0.2) is 18.2 Å². The van der Waals surface area contributed by atoms with E-state index in [1.54, 1.807) is 20.8 Å². The summed E-state index contributed by atoms with van der Waals surface area (Å²) in [6.45, 7) is 5.72. The maximum atomic E-state index is 12.9. The van der Waals surface area contributed by atoms with Gasteiger partial charge in [-0.2, -0.15) is 13.2 Å². The van der Waals surface area contributed by atoms with Crippen molar-refractivity contribution in [2.24, 2.45) is 0 Å². The summed E-state index contributed by atoms with van der Waals surface area (Å²) in [5.74, 6) is 0. The molecule has 0 fully saturated rings. The van der Waals surface area contributed by atoms with Crippen molar-refractivity contribution in [2.45, 2.75) is 39.0 Å². The summed E-state index contributed by atoms with van der Waals surface area (Å²) in [6, 6.07) is 3.60. The van der Waals surface area contributed by atoms with Gasteiger partial charge in [-0.15, -0.1) is 0 Å². The Morgan fingerprint density at radius 2 is 1.87 bits per heavy atom. The number of anilines is 1. The van der Waals surface area contributed by atoms with Crippen LogP contribution in [0.1, 0.15) is 32.8 Å². The molecular formula is C15H20ClF3N2O2. The van der Waals surface area contributed by atoms with Gasteiger partial charge in [-0.3, -0.25) is 0 Å². The van der Waals surface area contributed by atoms with E-state index in [9.17, 15) is 18.0 Å². The lowest BCUT2D eigenvalue weighted by Gasteiger charge is -2.20. The fourth-order valence-electron chi connectivity index (χ4n) is 1.75. The minimum absolute atomic E-state index is 0.0000681. The van der Waals surface area contributed by atoms with Gasteiger partial charge in [0.2, 0.25) is 0 Å². The smallest absolute Gasteiger partial charge is 0.418 e. The van der Waals surface area contributed by atoms with Gasteiger partial charge in [0.05, 0.1) is 16.3 Å². The Bertz CT molecular complexity index is 543. The Morgan fingerprint density at radius 3 is 2.43 bits per heavy atom. The van der Waals surface area contributed by atoms with Crippen LogP contribution in [0.2, 0.25) is 5.02 Å². The van der Waals surface area contributed by atoms with Gasteiger partial charge in [-0.25, -0.2) is 4.79 Å². The molecule has 0 aliphatic heterocycles. The number of halogens is 4. The van der Waals surface area contributed by atoms with Crippen molar-refractivity contribution in [3.8, 4) is 0 Å². The molecule has 1 aromatic rings. The summed E-state index contributed by atoms with van der Waals surface area (Å²) in [7, 11) is 0. The van der Waals surface area contributed by atoms with E-state index in [2.05, 4.69) is 10.6 Å². The van der Waals surface area contributed by atoms with E-state index in [4.69, 9.17) is 16.3 Å². The number of para-hydroxylation sites is 1. The minimum Gasteiger partial charge on any atom is -0.444 e. The first-order valence-electron chi connectivity index (χ1n) is 7.07. The number of rotatable bonds is 5. The molecule has 4 nitrogen and oxygen atoms in total. The van der Waals surface area contributed by atoms with Crippen LogP contribution in [0.25, 0.3) is 0 Å². The van der Waals surface area contributed by atoms with Crippen molar-refractivity contribution in [3.63, 3.8) is 0 Å². The number of hydrogen-bond donors (Lipinski definition) is 2. The Balaban J connectivity index is 2.47. The fraction of sp³-hybridized carbons (Fsp3) is 0.533. The molecule has 1 rings (SSSR count). The number of carbonyl (C=O) groups excluding carboxylic acids is 1. The molecule has 1 amide bonds. The molecule has 0 aliphatic rings. The average Bonchev–Trinajstić information content (AvgIpc) is 2.36. The van der Waals surface area contributed by atoms with Crippen LogP contribution in [-0.4, -0.2) is 24.8 Å². The predicted octanol–water partition coefficient (Wildman–Crippen LogP) is 4.69. The zero-order valence-electron chi connectivity index (χ0n) is 13.2. The van der Waals surface area contributed by atoms with Gasteiger partial charge in [0.1, 0.15) is 5.60 Å². The molecule has 2 N–H and O–H groups in total. The molecule has 0 saturated carbocycles. The topological polar surface area (TPSA) is 50.4 Å². The zero-order valence-corrected chi connectivity index (χ0v) is 13.9. The van der Waals surface area contributed by atoms with Gasteiger partial charge in [0.15, 0.2) is 0 Å². The number of benzene rings is 1. The maximum absolute atomic E-state index is 12.9. The monoisotopic (exact) mass is 352 g/mol. The Hall–Kier alpha value is -1.63. The van der Waals surface area contributed by atoms with Crippen molar-refractivity contribution in [1.29, 1.82) is 0 Å². The van der Waals surface area contributed by atoms with E-state index >= 15 is 0 Å². The van der Waals surface area contributed by atoms with E-state index in [1.165, 1.54) is 12.1 Å². The molecule has 1 aromatic carbocycles. The normalized spacial score (nSPS) is 12.0. The summed E-state index contributed by atoms with van der Waals surface area (Å²) < 4.78 is 43.7. The lowest BCUT2D eigenvalue weighted by molar-refractivity contribution is -0.136. The van der Waals surface area contributed by atoms with Crippen LogP contribution < -0.4 is 10.6 Å². The third-order valence-electron chi connectivity index (χ3n) is 2.64. The summed E-state index contributed by atoms with van der Waals surface area (Å²) >= 11 is 5.82. The van der Waals surface area contributed by atoms with E-state index in [-0.39, 0.29) is 23.8 Å². The second-order valence-corrected chi connectivity index (χ2v) is 6.28. The predicted molar refractivity (Wildman–Crippen MR) is 83.8 cm³/mol. The van der Waals surface area contributed by atoms with E-state index in [0.717, 1.165) is 6.07 Å². The number of alkyl halides is 3. The van der Waals surface area contributed by atoms with Gasteiger partial charge < -0.3 is 15.4 Å². The first-order valence-corrected chi connectivity index (χ1v) is 7.45. The number of alkyl carbamates (subject to hydrolysis) is 1. The summed E-state index contributed by atoms with van der Waals surface area (Å²) in [5, 5.41) is 5.19. The Labute approximate surface area is 138 Å². The average molecular weight is 353 g/mol. The van der Waals surface area contributed by atoms with Crippen molar-refractivity contribution in [3.05, 3.63) is 28.8 Å². The first kappa shape index (κ1) is 19.4. The number of amides is 1. The zero-order chi connectivity index (χ0) is 17.7. The third kappa shape index (κ3) is 6.99. The minimum atomic E-state index is -4.48. The van der Waals surface area contributed by atoms with Crippen LogP contribution in [-0.2, 0) is 10.9 Å². The number of hydrogen-bond acceptors (Lipinski definition) is 3. The molecule has 0 atom stereocenters. The van der Waals surface area contributed by atoms with Crippen molar-refractivity contribution >= 4 is 23.4 Å². The van der Waals surface area contributed by atoms with Crippen molar-refractivity contribution in [2.75, 3.05) is 18.4 Å². The van der Waals surface area contributed by atoms with Crippen molar-refractivity contribution < 1.29 is 22.7 Å². The Morgan fingerprint density at radius 1 is 1.22 bits per heavy atom. The van der Waals surface area contributed by atoms with Crippen LogP contribution in [0, 0.1) is 0 Å². The summed E-state index contributed by atoms with van der Waals surface area (Å²) in [4.78, 5) is 11.4. The van der Waals surface area contributed by atoms with Crippen LogP contribution in [0.3, 0.4) is 0 Å². The molecule has 0 saturated heterocycles. The maximum Gasteiger partial charge on any atom is 0.418 e. The lowest BCUT2D eigenvalue weighted by Crippen LogP contribution is -2.33. The molecule has 8 heteroatoms. The molecule has 0 heterocycles. The first-order chi connectivity index (χ1) is 10.5. The molecule has 0 radical (unpaired) electrons. The molecule has 0 aromatic heterocycles. The molecule has 0 bridgehead atoms. The van der Waals surface area contributed by atoms with Gasteiger partial charge in [0, 0.05) is 13.1 Å². The van der Waals surface area contributed by atoms with E-state index in [0.29, 0.717) is 6.42 Å². The third-order valence-corrected chi connectivity index (χ3v) is 2.96. The largest absolute Gasteiger partial charge is 0.444 e. The molecule has 0 aliphatic carbocycles. The van der Waals surface area contributed by atoms with Gasteiger partial charge in [-0.1, -0.05) is 17.7 Å². The van der Waals surface area contributed by atoms with Crippen molar-refractivity contribution in [1.82, 2.24) is 5.32 Å². The second kappa shape index (κ2) is 7.77. The fourth-order valence-corrected chi connectivity index (χ4v) is 1.99. The quantitative estimate of drug-likeness (QED) is 0.756.